The Balaban J connectivity index is 1.63. The molecule has 4 rings (SSSR count). The van der Waals surface area contributed by atoms with Crippen LogP contribution in [0.5, 0.6) is 5.75 Å². The maximum absolute atomic E-state index is 13.4. The number of nitrogens with zero attached hydrogens (tertiary/aromatic N) is 4. The number of sulfonamides is 1. The number of likely N-dealkylation sites (N-methyl/N-ethyl adjacent to an activating group) is 1. The average molecular weight is 491 g/mol. The van der Waals surface area contributed by atoms with Crippen molar-refractivity contribution in [3.63, 3.8) is 0 Å². The van der Waals surface area contributed by atoms with E-state index in [-0.39, 0.29) is 23.4 Å². The lowest BCUT2D eigenvalue weighted by Gasteiger charge is -2.32. The zero-order valence-corrected chi connectivity index (χ0v) is 21.0. The first-order chi connectivity index (χ1) is 16.3. The van der Waals surface area contributed by atoms with Crippen molar-refractivity contribution in [2.24, 2.45) is 0 Å². The fourth-order valence-corrected chi connectivity index (χ4v) is 6.15. The van der Waals surface area contributed by atoms with Crippen LogP contribution in [0.25, 0.3) is 5.57 Å². The summed E-state index contributed by atoms with van der Waals surface area (Å²) in [5, 5.41) is 0. The summed E-state index contributed by atoms with van der Waals surface area (Å²) < 4.78 is 34.0. The Hall–Kier alpha value is -2.43. The van der Waals surface area contributed by atoms with E-state index >= 15 is 0 Å². The van der Waals surface area contributed by atoms with Crippen LogP contribution >= 0.6 is 0 Å². The molecule has 34 heavy (non-hydrogen) atoms. The second-order valence-corrected chi connectivity index (χ2v) is 11.0. The topological polar surface area (TPSA) is 90.5 Å². The van der Waals surface area contributed by atoms with Crippen LogP contribution in [0.3, 0.4) is 0 Å². The van der Waals surface area contributed by atoms with Gasteiger partial charge in [-0.1, -0.05) is 19.4 Å². The SMILES string of the molecule is CCCCN1C(=O)[C@H]2CC=C(c3cc(S(=O)(=O)N4CCN(C)CC4)ccc3OCC)CN2C1=O. The highest BCUT2D eigenvalue weighted by atomic mass is 32.2. The molecule has 0 aliphatic carbocycles. The first-order valence-electron chi connectivity index (χ1n) is 12.0. The van der Waals surface area contributed by atoms with Gasteiger partial charge in [-0.25, -0.2) is 13.2 Å². The number of hydrogen-bond donors (Lipinski definition) is 0. The Morgan fingerprint density at radius 2 is 1.82 bits per heavy atom. The number of imide groups is 1. The molecule has 3 aliphatic heterocycles. The fourth-order valence-electron chi connectivity index (χ4n) is 4.70. The maximum atomic E-state index is 13.4. The van der Waals surface area contributed by atoms with Gasteiger partial charge in [-0.2, -0.15) is 4.31 Å². The number of ether oxygens (including phenoxy) is 1. The molecule has 3 heterocycles. The summed E-state index contributed by atoms with van der Waals surface area (Å²) in [6, 6.07) is 4.18. The lowest BCUT2D eigenvalue weighted by molar-refractivity contribution is -0.128. The van der Waals surface area contributed by atoms with Crippen LogP contribution in [0.4, 0.5) is 4.79 Å². The number of urea groups is 1. The van der Waals surface area contributed by atoms with Crippen LogP contribution in [0.15, 0.2) is 29.2 Å². The van der Waals surface area contributed by atoms with Gasteiger partial charge in [-0.3, -0.25) is 9.69 Å². The Labute approximate surface area is 202 Å². The molecule has 3 aliphatic rings. The Morgan fingerprint density at radius 1 is 1.09 bits per heavy atom. The monoisotopic (exact) mass is 490 g/mol. The van der Waals surface area contributed by atoms with Crippen molar-refractivity contribution in [2.75, 3.05) is 52.9 Å². The number of piperazine rings is 1. The lowest BCUT2D eigenvalue weighted by atomic mass is 9.97. The minimum absolute atomic E-state index is 0.148. The third-order valence-corrected chi connectivity index (χ3v) is 8.66. The van der Waals surface area contributed by atoms with E-state index in [1.807, 2.05) is 27.0 Å². The summed E-state index contributed by atoms with van der Waals surface area (Å²) in [7, 11) is -1.67. The molecule has 186 valence electrons. The second kappa shape index (κ2) is 10.1. The van der Waals surface area contributed by atoms with Gasteiger partial charge in [0.1, 0.15) is 11.8 Å². The molecule has 0 bridgehead atoms. The third kappa shape index (κ3) is 4.58. The molecular formula is C24H34N4O5S. The minimum Gasteiger partial charge on any atom is -0.493 e. The van der Waals surface area contributed by atoms with E-state index < -0.39 is 16.1 Å². The molecule has 10 heteroatoms. The quantitative estimate of drug-likeness (QED) is 0.519. The number of amides is 3. The average Bonchev–Trinajstić information content (AvgIpc) is 3.07. The molecule has 3 amide bonds. The molecule has 0 N–H and O–H groups in total. The standard InChI is InChI=1S/C24H34N4O5S/c1-4-6-11-27-23(29)21-9-7-18(17-28(21)24(27)30)20-16-19(8-10-22(20)33-5-2)34(31,32)26-14-12-25(3)13-15-26/h7-8,10,16,21H,4-6,9,11-15,17H2,1-3H3/t21-/m1/s1. The molecule has 0 spiro atoms. The highest BCUT2D eigenvalue weighted by Gasteiger charge is 2.46. The van der Waals surface area contributed by atoms with Gasteiger partial charge in [-0.15, -0.1) is 0 Å². The van der Waals surface area contributed by atoms with Gasteiger partial charge in [0.05, 0.1) is 11.5 Å². The van der Waals surface area contributed by atoms with E-state index in [0.29, 0.717) is 57.1 Å². The van der Waals surface area contributed by atoms with E-state index in [9.17, 15) is 18.0 Å². The summed E-state index contributed by atoms with van der Waals surface area (Å²) in [5.41, 5.74) is 1.45. The van der Waals surface area contributed by atoms with Crippen molar-refractivity contribution < 1.29 is 22.7 Å². The van der Waals surface area contributed by atoms with Crippen molar-refractivity contribution in [3.8, 4) is 5.75 Å². The summed E-state index contributed by atoms with van der Waals surface area (Å²) in [6.45, 7) is 7.28. The van der Waals surface area contributed by atoms with Crippen molar-refractivity contribution >= 4 is 27.5 Å². The number of fused-ring (bicyclic) bond motifs is 1. The molecule has 0 radical (unpaired) electrons. The van der Waals surface area contributed by atoms with Crippen molar-refractivity contribution in [3.05, 3.63) is 29.8 Å². The van der Waals surface area contributed by atoms with Crippen LogP contribution in [0.1, 0.15) is 38.7 Å². The van der Waals surface area contributed by atoms with E-state index in [0.717, 1.165) is 18.4 Å². The van der Waals surface area contributed by atoms with Crippen molar-refractivity contribution in [2.45, 2.75) is 44.0 Å². The number of benzene rings is 1. The zero-order chi connectivity index (χ0) is 24.5. The summed E-state index contributed by atoms with van der Waals surface area (Å²) in [4.78, 5) is 31.0. The molecule has 2 saturated heterocycles. The Kier molecular flexibility index (Phi) is 7.30. The zero-order valence-electron chi connectivity index (χ0n) is 20.2. The van der Waals surface area contributed by atoms with Gasteiger partial charge in [-0.05, 0) is 50.6 Å². The van der Waals surface area contributed by atoms with Crippen molar-refractivity contribution in [1.29, 1.82) is 0 Å². The lowest BCUT2D eigenvalue weighted by Crippen LogP contribution is -2.47. The molecule has 1 atom stereocenters. The Morgan fingerprint density at radius 3 is 2.50 bits per heavy atom. The molecule has 1 aromatic rings. The first-order valence-corrected chi connectivity index (χ1v) is 13.5. The van der Waals surface area contributed by atoms with Crippen molar-refractivity contribution in [1.82, 2.24) is 19.0 Å². The maximum Gasteiger partial charge on any atom is 0.327 e. The summed E-state index contributed by atoms with van der Waals surface area (Å²) >= 11 is 0. The Bertz CT molecular complexity index is 1080. The van der Waals surface area contributed by atoms with Gasteiger partial charge in [0, 0.05) is 44.8 Å². The van der Waals surface area contributed by atoms with Gasteiger partial charge < -0.3 is 14.5 Å². The van der Waals surface area contributed by atoms with Gasteiger partial charge in [0.25, 0.3) is 5.91 Å². The van der Waals surface area contributed by atoms with Gasteiger partial charge in [0.2, 0.25) is 10.0 Å². The molecular weight excluding hydrogens is 456 g/mol. The number of carbonyl (C=O) groups is 2. The van der Waals surface area contributed by atoms with Crippen LogP contribution < -0.4 is 4.74 Å². The molecule has 2 fully saturated rings. The molecule has 0 saturated carbocycles. The number of unbranched alkanes of at least 4 members (excludes halogenated alkanes) is 1. The third-order valence-electron chi connectivity index (χ3n) is 6.76. The number of hydrogen-bond acceptors (Lipinski definition) is 6. The van der Waals surface area contributed by atoms with Crippen LogP contribution in [0.2, 0.25) is 0 Å². The first kappa shape index (κ1) is 24.7. The predicted molar refractivity (Wildman–Crippen MR) is 129 cm³/mol. The van der Waals surface area contributed by atoms with Crippen LogP contribution in [-0.2, 0) is 14.8 Å². The number of carbonyl (C=O) groups excluding carboxylic acids is 2. The van der Waals surface area contributed by atoms with E-state index in [4.69, 9.17) is 4.74 Å². The fraction of sp³-hybridized carbons (Fsp3) is 0.583. The van der Waals surface area contributed by atoms with Crippen LogP contribution in [-0.4, -0.2) is 98.3 Å². The smallest absolute Gasteiger partial charge is 0.327 e. The molecule has 0 unspecified atom stereocenters. The van der Waals surface area contributed by atoms with E-state index in [1.54, 1.807) is 23.1 Å². The highest BCUT2D eigenvalue weighted by molar-refractivity contribution is 7.89. The van der Waals surface area contributed by atoms with Gasteiger partial charge in [0.15, 0.2) is 0 Å². The summed E-state index contributed by atoms with van der Waals surface area (Å²) in [6.07, 6.45) is 4.03. The normalized spacial score (nSPS) is 22.2. The second-order valence-electron chi connectivity index (χ2n) is 9.03. The van der Waals surface area contributed by atoms with E-state index in [2.05, 4.69) is 4.90 Å². The predicted octanol–water partition coefficient (Wildman–Crippen LogP) is 2.24. The number of rotatable bonds is 8. The minimum atomic E-state index is -3.65. The highest BCUT2D eigenvalue weighted by Crippen LogP contribution is 2.36. The molecule has 1 aromatic carbocycles. The van der Waals surface area contributed by atoms with Gasteiger partial charge >= 0.3 is 6.03 Å². The largest absolute Gasteiger partial charge is 0.493 e. The molecule has 9 nitrogen and oxygen atoms in total. The molecule has 0 aromatic heterocycles. The van der Waals surface area contributed by atoms with Crippen LogP contribution in [0, 0.1) is 0 Å². The summed E-state index contributed by atoms with van der Waals surface area (Å²) in [5.74, 6) is 0.426. The van der Waals surface area contributed by atoms with E-state index in [1.165, 1.54) is 9.21 Å².